The van der Waals surface area contributed by atoms with Crippen LogP contribution in [0, 0.1) is 0 Å². The highest BCUT2D eigenvalue weighted by atomic mass is 19.4. The number of hydrogen-bond acceptors (Lipinski definition) is 3. The van der Waals surface area contributed by atoms with E-state index in [0.29, 0.717) is 24.0 Å². The predicted octanol–water partition coefficient (Wildman–Crippen LogP) is 6.68. The maximum Gasteiger partial charge on any atom is 0.416 e. The van der Waals surface area contributed by atoms with Crippen LogP contribution in [-0.4, -0.2) is 5.78 Å². The minimum Gasteiger partial charge on any atom is -0.372 e. The van der Waals surface area contributed by atoms with E-state index < -0.39 is 17.8 Å². The molecule has 0 spiro atoms. The minimum absolute atomic E-state index is 0.0161. The molecule has 1 aliphatic heterocycles. The first-order valence-corrected chi connectivity index (χ1v) is 10.5. The van der Waals surface area contributed by atoms with Gasteiger partial charge in [-0.05, 0) is 47.7 Å². The summed E-state index contributed by atoms with van der Waals surface area (Å²) in [6, 6.07) is 21.9. The van der Waals surface area contributed by atoms with E-state index in [1.807, 2.05) is 54.6 Å². The Kier molecular flexibility index (Phi) is 5.00. The fourth-order valence-corrected chi connectivity index (χ4v) is 4.60. The third kappa shape index (κ3) is 3.77. The molecule has 6 heteroatoms. The Morgan fingerprint density at radius 1 is 0.781 bits per heavy atom. The van der Waals surface area contributed by atoms with Crippen molar-refractivity contribution < 1.29 is 18.0 Å². The molecule has 2 aliphatic rings. The number of hydrogen-bond donors (Lipinski definition) is 2. The first-order valence-electron chi connectivity index (χ1n) is 10.5. The molecule has 2 N–H and O–H groups in total. The number of allylic oxidation sites excluding steroid dienone is 1. The second-order valence-electron chi connectivity index (χ2n) is 8.20. The fraction of sp³-hybridized carbons (Fsp3) is 0.192. The number of anilines is 2. The molecule has 0 radical (unpaired) electrons. The summed E-state index contributed by atoms with van der Waals surface area (Å²) >= 11 is 0. The number of alkyl halides is 3. The number of carbonyl (C=O) groups is 1. The summed E-state index contributed by atoms with van der Waals surface area (Å²) < 4.78 is 40.2. The summed E-state index contributed by atoms with van der Waals surface area (Å²) in [5.74, 6) is -0.0438. The van der Waals surface area contributed by atoms with E-state index in [9.17, 15) is 18.0 Å². The Balaban J connectivity index is 1.62. The van der Waals surface area contributed by atoms with Crippen LogP contribution < -0.4 is 10.6 Å². The van der Waals surface area contributed by atoms with Gasteiger partial charge in [0, 0.05) is 17.7 Å². The number of carbonyl (C=O) groups excluding carboxylic acids is 1. The molecular weight excluding hydrogens is 413 g/mol. The fourth-order valence-electron chi connectivity index (χ4n) is 4.60. The van der Waals surface area contributed by atoms with Crippen LogP contribution in [0.3, 0.4) is 0 Å². The van der Waals surface area contributed by atoms with Crippen LogP contribution in [0.4, 0.5) is 24.5 Å². The van der Waals surface area contributed by atoms with Gasteiger partial charge in [0.2, 0.25) is 0 Å². The molecule has 3 aromatic rings. The first kappa shape index (κ1) is 20.4. The lowest BCUT2D eigenvalue weighted by molar-refractivity contribution is -0.137. The van der Waals surface area contributed by atoms with Gasteiger partial charge >= 0.3 is 6.18 Å². The van der Waals surface area contributed by atoms with Gasteiger partial charge in [0.05, 0.1) is 23.0 Å². The van der Waals surface area contributed by atoms with E-state index in [4.69, 9.17) is 0 Å². The Morgan fingerprint density at radius 3 is 2.22 bits per heavy atom. The number of Topliss-reactive ketones (excluding diaryl/α,β-unsaturated/α-hetero) is 1. The number of ketones is 1. The van der Waals surface area contributed by atoms with Crippen LogP contribution in [0.15, 0.2) is 90.1 Å². The largest absolute Gasteiger partial charge is 0.416 e. The van der Waals surface area contributed by atoms with E-state index >= 15 is 0 Å². The topological polar surface area (TPSA) is 41.1 Å². The number of benzene rings is 3. The molecule has 0 saturated heterocycles. The number of nitrogens with one attached hydrogen (secondary N) is 2. The van der Waals surface area contributed by atoms with Gasteiger partial charge in [-0.3, -0.25) is 4.79 Å². The van der Waals surface area contributed by atoms with E-state index in [0.717, 1.165) is 34.8 Å². The molecule has 5 rings (SSSR count). The molecule has 2 atom stereocenters. The Labute approximate surface area is 184 Å². The molecule has 0 fully saturated rings. The molecule has 0 amide bonds. The Hall–Kier alpha value is -3.54. The highest BCUT2D eigenvalue weighted by molar-refractivity contribution is 6.01. The Bertz CT molecular complexity index is 1200. The second-order valence-corrected chi connectivity index (χ2v) is 8.20. The van der Waals surface area contributed by atoms with Crippen molar-refractivity contribution in [3.63, 3.8) is 0 Å². The zero-order valence-corrected chi connectivity index (χ0v) is 17.1. The number of halogens is 3. The summed E-state index contributed by atoms with van der Waals surface area (Å²) in [5, 5.41) is 6.74. The third-order valence-corrected chi connectivity index (χ3v) is 6.13. The van der Waals surface area contributed by atoms with Crippen LogP contribution in [0.5, 0.6) is 0 Å². The molecule has 1 aliphatic carbocycles. The third-order valence-electron chi connectivity index (χ3n) is 6.13. The number of fused-ring (bicyclic) bond motifs is 1. The van der Waals surface area contributed by atoms with E-state index in [2.05, 4.69) is 10.6 Å². The van der Waals surface area contributed by atoms with Crippen molar-refractivity contribution in [1.29, 1.82) is 0 Å². The maximum atomic E-state index is 13.4. The average molecular weight is 434 g/mol. The lowest BCUT2D eigenvalue weighted by atomic mass is 9.78. The number of para-hydroxylation sites is 2. The highest BCUT2D eigenvalue weighted by Gasteiger charge is 2.37. The smallest absolute Gasteiger partial charge is 0.372 e. The minimum atomic E-state index is -4.46. The van der Waals surface area contributed by atoms with Gasteiger partial charge in [-0.1, -0.05) is 54.6 Å². The van der Waals surface area contributed by atoms with Crippen molar-refractivity contribution in [3.05, 3.63) is 107 Å². The van der Waals surface area contributed by atoms with Gasteiger partial charge in [0.15, 0.2) is 5.78 Å². The molecule has 1 heterocycles. The number of rotatable bonds is 2. The van der Waals surface area contributed by atoms with Gasteiger partial charge < -0.3 is 10.6 Å². The molecule has 162 valence electrons. The molecule has 0 aromatic heterocycles. The van der Waals surface area contributed by atoms with Gasteiger partial charge in [-0.25, -0.2) is 0 Å². The van der Waals surface area contributed by atoms with E-state index in [1.165, 1.54) is 6.07 Å². The van der Waals surface area contributed by atoms with Gasteiger partial charge in [0.25, 0.3) is 0 Å². The highest BCUT2D eigenvalue weighted by Crippen LogP contribution is 2.44. The van der Waals surface area contributed by atoms with Gasteiger partial charge in [-0.2, -0.15) is 13.2 Å². The normalized spacial score (nSPS) is 20.5. The molecule has 0 saturated carbocycles. The average Bonchev–Trinajstić information content (AvgIpc) is 2.96. The molecule has 3 nitrogen and oxygen atoms in total. The van der Waals surface area contributed by atoms with Crippen molar-refractivity contribution in [2.75, 3.05) is 10.6 Å². The molecule has 0 bridgehead atoms. The summed E-state index contributed by atoms with van der Waals surface area (Å²) in [4.78, 5) is 13.4. The lowest BCUT2D eigenvalue weighted by Gasteiger charge is -2.30. The van der Waals surface area contributed by atoms with E-state index in [1.54, 1.807) is 6.07 Å². The van der Waals surface area contributed by atoms with Crippen LogP contribution in [0.25, 0.3) is 0 Å². The summed E-state index contributed by atoms with van der Waals surface area (Å²) in [5.41, 5.74) is 3.58. The molecule has 0 unspecified atom stereocenters. The van der Waals surface area contributed by atoms with Crippen LogP contribution in [-0.2, 0) is 11.0 Å². The SMILES string of the molecule is O=C1C[C@H](c2ccccc2)CC2=C1[C@H](c1cccc(C(F)(F)F)c1)Nc1ccccc1N2. The van der Waals surface area contributed by atoms with Crippen LogP contribution >= 0.6 is 0 Å². The van der Waals surface area contributed by atoms with Crippen molar-refractivity contribution in [2.45, 2.75) is 31.0 Å². The summed E-state index contributed by atoms with van der Waals surface area (Å²) in [6.07, 6.45) is -3.53. The summed E-state index contributed by atoms with van der Waals surface area (Å²) in [7, 11) is 0. The molecule has 3 aromatic carbocycles. The monoisotopic (exact) mass is 434 g/mol. The standard InChI is InChI=1S/C26H21F3N2O/c27-26(28,29)19-10-6-9-17(13-19)25-24-22(30-20-11-4-5-12-21(20)31-25)14-18(15-23(24)32)16-7-2-1-3-8-16/h1-13,18,25,30-31H,14-15H2/t18-,25+/m1/s1. The van der Waals surface area contributed by atoms with Crippen molar-refractivity contribution >= 4 is 17.2 Å². The zero-order chi connectivity index (χ0) is 22.3. The van der Waals surface area contributed by atoms with Crippen LogP contribution in [0.1, 0.15) is 41.5 Å². The van der Waals surface area contributed by atoms with Crippen molar-refractivity contribution in [2.24, 2.45) is 0 Å². The lowest BCUT2D eigenvalue weighted by Crippen LogP contribution is -2.27. The Morgan fingerprint density at radius 2 is 1.47 bits per heavy atom. The maximum absolute atomic E-state index is 13.4. The second kappa shape index (κ2) is 7.86. The molecular formula is C26H21F3N2O. The van der Waals surface area contributed by atoms with Gasteiger partial charge in [-0.15, -0.1) is 0 Å². The quantitative estimate of drug-likeness (QED) is 0.472. The predicted molar refractivity (Wildman–Crippen MR) is 118 cm³/mol. The molecule has 32 heavy (non-hydrogen) atoms. The van der Waals surface area contributed by atoms with Gasteiger partial charge in [0.1, 0.15) is 0 Å². The zero-order valence-electron chi connectivity index (χ0n) is 17.1. The van der Waals surface area contributed by atoms with Crippen LogP contribution in [0.2, 0.25) is 0 Å². The van der Waals surface area contributed by atoms with E-state index in [-0.39, 0.29) is 11.7 Å². The van der Waals surface area contributed by atoms with Crippen molar-refractivity contribution in [1.82, 2.24) is 0 Å². The first-order chi connectivity index (χ1) is 15.4. The summed E-state index contributed by atoms with van der Waals surface area (Å²) in [6.45, 7) is 0. The van der Waals surface area contributed by atoms with Crippen molar-refractivity contribution in [3.8, 4) is 0 Å².